The monoisotopic (exact) mass is 964 g/mol. The molecule has 0 amide bonds. The number of morpholine rings is 1. The Labute approximate surface area is 449 Å². The van der Waals surface area contributed by atoms with Crippen LogP contribution in [0.25, 0.3) is 21.5 Å². The smallest absolute Gasteiger partial charge is 0.744 e. The van der Waals surface area contributed by atoms with Gasteiger partial charge in [0.25, 0.3) is 0 Å². The maximum Gasteiger partial charge on any atom is 1.00 e. The number of fused-ring (bicyclic) bond motifs is 4. The van der Waals surface area contributed by atoms with E-state index in [1.54, 1.807) is 12.1 Å². The summed E-state index contributed by atoms with van der Waals surface area (Å²) in [7, 11) is -4.66. The van der Waals surface area contributed by atoms with Crippen LogP contribution >= 0.6 is 0 Å². The summed E-state index contributed by atoms with van der Waals surface area (Å²) in [6.07, 6.45) is 10.9. The van der Waals surface area contributed by atoms with Crippen LogP contribution in [-0.4, -0.2) is 75.9 Å². The molecule has 69 heavy (non-hydrogen) atoms. The van der Waals surface area contributed by atoms with Crippen LogP contribution < -0.4 is 70.7 Å². The molecule has 2 fully saturated rings. The van der Waals surface area contributed by atoms with E-state index in [4.69, 9.17) is 14.2 Å². The molecule has 348 valence electrons. The molecule has 6 aromatic rings. The quantitative estimate of drug-likeness (QED) is 0.0731. The molecule has 6 aromatic carbocycles. The molecule has 3 heterocycles. The van der Waals surface area contributed by atoms with E-state index in [0.717, 1.165) is 75.9 Å². The van der Waals surface area contributed by atoms with Crippen LogP contribution in [0, 0.1) is 6.92 Å². The van der Waals surface area contributed by atoms with Gasteiger partial charge in [0.2, 0.25) is 5.71 Å². The van der Waals surface area contributed by atoms with Crippen molar-refractivity contribution < 1.29 is 83.1 Å². The number of nitrogens with zero attached hydrogens (tertiary/aromatic N) is 3. The average Bonchev–Trinajstić information content (AvgIpc) is 3.91. The Balaban J connectivity index is 0.00000593. The van der Waals surface area contributed by atoms with E-state index in [1.807, 2.05) is 24.3 Å². The van der Waals surface area contributed by atoms with Gasteiger partial charge in [-0.05, 0) is 90.2 Å². The fourth-order valence-electron chi connectivity index (χ4n) is 10.8. The first kappa shape index (κ1) is 49.2. The van der Waals surface area contributed by atoms with E-state index < -0.39 is 15.5 Å². The van der Waals surface area contributed by atoms with Crippen molar-refractivity contribution in [2.45, 2.75) is 63.2 Å². The Morgan fingerprint density at radius 2 is 1.12 bits per heavy atom. The molecule has 10 rings (SSSR count). The summed E-state index contributed by atoms with van der Waals surface area (Å²) in [6, 6.07) is 40.4. The SMILES string of the molecule is Cc1ccc2c(c1)C(C)(C)C(=CC=C1CC/C(=C\C=C3\N(CCOc4cccc5ccccc45)c4ccc(S(=O)(=O)[O-])cc4C3(C)C)C1=[N+]1CCOCC1)N2CCOc1cccc2ccccc12.[K+]. The van der Waals surface area contributed by atoms with Crippen molar-refractivity contribution in [1.82, 2.24) is 0 Å². The first-order valence-corrected chi connectivity index (χ1v) is 25.2. The number of anilines is 2. The van der Waals surface area contributed by atoms with Crippen molar-refractivity contribution in [1.29, 1.82) is 0 Å². The molecule has 11 heteroatoms. The van der Waals surface area contributed by atoms with Crippen LogP contribution in [0.1, 0.15) is 57.2 Å². The summed E-state index contributed by atoms with van der Waals surface area (Å²) < 4.78 is 58.3. The summed E-state index contributed by atoms with van der Waals surface area (Å²) in [4.78, 5) is 4.45. The zero-order valence-corrected chi connectivity index (χ0v) is 44.6. The van der Waals surface area contributed by atoms with E-state index in [-0.39, 0.29) is 61.7 Å². The summed E-state index contributed by atoms with van der Waals surface area (Å²) in [5.74, 6) is 1.70. The van der Waals surface area contributed by atoms with Crippen LogP contribution in [0.15, 0.2) is 173 Å². The predicted octanol–water partition coefficient (Wildman–Crippen LogP) is 8.16. The van der Waals surface area contributed by atoms with Gasteiger partial charge in [-0.3, -0.25) is 0 Å². The molecule has 3 aliphatic heterocycles. The minimum absolute atomic E-state index is 0. The Morgan fingerprint density at radius 1 is 0.638 bits per heavy atom. The summed E-state index contributed by atoms with van der Waals surface area (Å²) in [6.45, 7) is 16.1. The van der Waals surface area contributed by atoms with Gasteiger partial charge in [0.15, 0.2) is 13.1 Å². The van der Waals surface area contributed by atoms with Crippen LogP contribution in [0.5, 0.6) is 11.5 Å². The Morgan fingerprint density at radius 3 is 1.64 bits per heavy atom. The van der Waals surface area contributed by atoms with Crippen LogP contribution in [-0.2, 0) is 25.7 Å². The second-order valence-corrected chi connectivity index (χ2v) is 20.7. The van der Waals surface area contributed by atoms with Gasteiger partial charge in [-0.1, -0.05) is 130 Å². The molecule has 9 nitrogen and oxygen atoms in total. The maximum absolute atomic E-state index is 12.3. The first-order chi connectivity index (χ1) is 32.8. The van der Waals surface area contributed by atoms with Crippen molar-refractivity contribution in [2.75, 3.05) is 62.4 Å². The second-order valence-electron chi connectivity index (χ2n) is 19.3. The number of hydrogen-bond donors (Lipinski definition) is 0. The van der Waals surface area contributed by atoms with Gasteiger partial charge in [-0.15, -0.1) is 0 Å². The van der Waals surface area contributed by atoms with Gasteiger partial charge in [-0.2, -0.15) is 0 Å². The zero-order chi connectivity index (χ0) is 47.2. The van der Waals surface area contributed by atoms with Gasteiger partial charge in [0.1, 0.15) is 48.0 Å². The van der Waals surface area contributed by atoms with Crippen molar-refractivity contribution >= 4 is 48.7 Å². The third kappa shape index (κ3) is 9.69. The van der Waals surface area contributed by atoms with Crippen LogP contribution in [0.2, 0.25) is 0 Å². The van der Waals surface area contributed by atoms with Gasteiger partial charge in [0, 0.05) is 55.5 Å². The normalized spacial score (nSPS) is 19.8. The molecule has 0 N–H and O–H groups in total. The van der Waals surface area contributed by atoms with Crippen LogP contribution in [0.4, 0.5) is 11.4 Å². The van der Waals surface area contributed by atoms with E-state index in [9.17, 15) is 13.0 Å². The fourth-order valence-corrected chi connectivity index (χ4v) is 11.3. The second kappa shape index (κ2) is 20.1. The predicted molar refractivity (Wildman–Crippen MR) is 273 cm³/mol. The minimum atomic E-state index is -4.66. The van der Waals surface area contributed by atoms with E-state index >= 15 is 0 Å². The van der Waals surface area contributed by atoms with Gasteiger partial charge < -0.3 is 28.6 Å². The zero-order valence-electron chi connectivity index (χ0n) is 40.6. The number of benzene rings is 6. The Kier molecular flexibility index (Phi) is 14.3. The number of hydrogen-bond acceptors (Lipinski definition) is 8. The molecular weight excluding hydrogens is 906 g/mol. The molecule has 0 bridgehead atoms. The van der Waals surface area contributed by atoms with E-state index in [1.165, 1.54) is 45.4 Å². The summed E-state index contributed by atoms with van der Waals surface area (Å²) >= 11 is 0. The molecule has 0 unspecified atom stereocenters. The molecule has 0 spiro atoms. The standard InChI is InChI=1S/C58H59N3O6S.K/c1-40-20-26-50-48(38-40)57(2,3)54(60(50)32-36-66-52-18-10-14-41-12-6-8-16-46(41)52)28-23-43-21-22-44(56(43)59-30-34-65-35-31-59)24-29-55-58(4,5)49-39-45(68(62,63)64)25-27-51(49)61(55)33-37-67-53-19-11-15-42-13-7-9-17-47(42)53;/h6-20,23-29,38-39H,21-22,30-37H2,1-5H3;/q;+1. The third-order valence-corrected chi connectivity index (χ3v) is 15.2. The molecule has 1 saturated heterocycles. The summed E-state index contributed by atoms with van der Waals surface area (Å²) in [5, 5.41) is 4.43. The first-order valence-electron chi connectivity index (χ1n) is 23.8. The molecule has 0 radical (unpaired) electrons. The maximum atomic E-state index is 12.3. The van der Waals surface area contributed by atoms with Gasteiger partial charge in [-0.25, -0.2) is 13.0 Å². The van der Waals surface area contributed by atoms with Crippen molar-refractivity contribution in [3.05, 3.63) is 185 Å². The van der Waals surface area contributed by atoms with Crippen molar-refractivity contribution in [2.24, 2.45) is 0 Å². The number of rotatable bonds is 11. The number of aryl methyl sites for hydroxylation is 1. The minimum Gasteiger partial charge on any atom is -0.744 e. The van der Waals surface area contributed by atoms with Crippen LogP contribution in [0.3, 0.4) is 0 Å². The number of allylic oxidation sites excluding steroid dienone is 8. The van der Waals surface area contributed by atoms with Crippen molar-refractivity contribution in [3.63, 3.8) is 0 Å². The topological polar surface area (TPSA) is 94.4 Å². The number of ether oxygens (including phenoxy) is 3. The third-order valence-electron chi connectivity index (χ3n) is 14.3. The molecule has 4 aliphatic rings. The van der Waals surface area contributed by atoms with Gasteiger partial charge >= 0.3 is 51.4 Å². The molecule has 0 aromatic heterocycles. The average molecular weight is 965 g/mol. The molecule has 1 saturated carbocycles. The molecule has 0 atom stereocenters. The Hall–Kier alpha value is -4.82. The molecule has 1 aliphatic carbocycles. The molecular formula is C58H59KN3O6S+. The summed E-state index contributed by atoms with van der Waals surface area (Å²) in [5.41, 5.74) is 10.6. The van der Waals surface area contributed by atoms with Gasteiger partial charge in [0.05, 0.1) is 18.0 Å². The largest absolute Gasteiger partial charge is 1.00 e. The van der Waals surface area contributed by atoms with Crippen molar-refractivity contribution in [3.8, 4) is 11.5 Å². The fraction of sp³-hybridized carbons (Fsp3) is 0.293. The van der Waals surface area contributed by atoms with E-state index in [2.05, 4.69) is 152 Å². The van der Waals surface area contributed by atoms with E-state index in [0.29, 0.717) is 39.5 Å². The Bertz CT molecular complexity index is 3220.